The molecule has 1 N–H and O–H groups in total. The summed E-state index contributed by atoms with van der Waals surface area (Å²) in [6.07, 6.45) is 7.10. The van der Waals surface area contributed by atoms with Gasteiger partial charge in [-0.15, -0.1) is 5.10 Å². The lowest BCUT2D eigenvalue weighted by Crippen LogP contribution is -2.23. The van der Waals surface area contributed by atoms with Crippen molar-refractivity contribution in [3.63, 3.8) is 0 Å². The van der Waals surface area contributed by atoms with Gasteiger partial charge in [-0.1, -0.05) is 13.3 Å². The Morgan fingerprint density at radius 3 is 3.12 bits per heavy atom. The molecule has 1 aliphatic rings. The second kappa shape index (κ2) is 6.35. The monoisotopic (exact) mass is 255 g/mol. The molecule has 0 spiro atoms. The Hall–Kier alpha value is -0.620. The van der Waals surface area contributed by atoms with Crippen molar-refractivity contribution in [1.29, 1.82) is 0 Å². The van der Waals surface area contributed by atoms with Crippen LogP contribution in [0.15, 0.2) is 0 Å². The van der Waals surface area contributed by atoms with Gasteiger partial charge in [0.05, 0.1) is 12.6 Å². The maximum absolute atomic E-state index is 4.18. The van der Waals surface area contributed by atoms with Crippen LogP contribution in [0.25, 0.3) is 0 Å². The summed E-state index contributed by atoms with van der Waals surface area (Å²) in [7, 11) is 0. The van der Waals surface area contributed by atoms with Crippen LogP contribution in [0.2, 0.25) is 0 Å². The zero-order valence-electron chi connectivity index (χ0n) is 10.6. The van der Waals surface area contributed by atoms with Crippen molar-refractivity contribution in [2.24, 2.45) is 0 Å². The lowest BCUT2D eigenvalue weighted by atomic mass is 10.2. The molecule has 2 atom stereocenters. The molecule has 0 aromatic carbocycles. The zero-order chi connectivity index (χ0) is 12.1. The third-order valence-electron chi connectivity index (χ3n) is 3.31. The van der Waals surface area contributed by atoms with E-state index in [0.29, 0.717) is 11.3 Å². The Morgan fingerprint density at radius 2 is 2.35 bits per heavy atom. The largest absolute Gasteiger partial charge is 0.310 e. The molecule has 0 radical (unpaired) electrons. The van der Waals surface area contributed by atoms with E-state index in [1.165, 1.54) is 19.3 Å². The predicted octanol–water partition coefficient (Wildman–Crippen LogP) is 1.63. The maximum atomic E-state index is 4.18. The Bertz CT molecular complexity index is 340. The lowest BCUT2D eigenvalue weighted by molar-refractivity contribution is 0.438. The Balaban J connectivity index is 2.02. The number of thioether (sulfide) groups is 1. The molecule has 6 heteroatoms. The minimum absolute atomic E-state index is 0.485. The molecule has 1 aromatic rings. The topological polar surface area (TPSA) is 55.6 Å². The molecule has 1 fully saturated rings. The highest BCUT2D eigenvalue weighted by Gasteiger charge is 2.30. The molecule has 0 saturated heterocycles. The normalized spacial score (nSPS) is 24.4. The van der Waals surface area contributed by atoms with Gasteiger partial charge in [0.2, 0.25) is 0 Å². The molecule has 1 aliphatic carbocycles. The molecular formula is C11H21N5S. The molecule has 0 aliphatic heterocycles. The van der Waals surface area contributed by atoms with Crippen molar-refractivity contribution in [1.82, 2.24) is 25.5 Å². The van der Waals surface area contributed by atoms with Crippen LogP contribution in [0.4, 0.5) is 0 Å². The Labute approximate surface area is 107 Å². The molecule has 5 nitrogen and oxygen atoms in total. The SMILES string of the molecule is CCCNCc1nnnn1C1CCCC1SC. The van der Waals surface area contributed by atoms with Crippen LogP contribution in [0.1, 0.15) is 44.5 Å². The van der Waals surface area contributed by atoms with Crippen LogP contribution in [-0.2, 0) is 6.54 Å². The summed E-state index contributed by atoms with van der Waals surface area (Å²) >= 11 is 1.94. The summed E-state index contributed by atoms with van der Waals surface area (Å²) < 4.78 is 2.04. The molecule has 0 bridgehead atoms. The predicted molar refractivity (Wildman–Crippen MR) is 70.0 cm³/mol. The minimum Gasteiger partial charge on any atom is -0.310 e. The number of aromatic nitrogens is 4. The quantitative estimate of drug-likeness (QED) is 0.783. The van der Waals surface area contributed by atoms with E-state index in [0.717, 1.165) is 25.3 Å². The highest BCUT2D eigenvalue weighted by atomic mass is 32.2. The van der Waals surface area contributed by atoms with Crippen molar-refractivity contribution < 1.29 is 0 Å². The van der Waals surface area contributed by atoms with E-state index in [1.54, 1.807) is 0 Å². The van der Waals surface area contributed by atoms with Crippen LogP contribution in [0.3, 0.4) is 0 Å². The van der Waals surface area contributed by atoms with Gasteiger partial charge >= 0.3 is 0 Å². The fourth-order valence-corrected chi connectivity index (χ4v) is 3.39. The molecule has 17 heavy (non-hydrogen) atoms. The van der Waals surface area contributed by atoms with Crippen molar-refractivity contribution >= 4 is 11.8 Å². The molecule has 1 aromatic heterocycles. The number of nitrogens with one attached hydrogen (secondary N) is 1. The van der Waals surface area contributed by atoms with Crippen LogP contribution in [-0.4, -0.2) is 38.3 Å². The summed E-state index contributed by atoms with van der Waals surface area (Å²) in [5, 5.41) is 16.2. The van der Waals surface area contributed by atoms with Crippen molar-refractivity contribution in [2.45, 2.75) is 50.4 Å². The van der Waals surface area contributed by atoms with Gasteiger partial charge in [-0.3, -0.25) is 0 Å². The maximum Gasteiger partial charge on any atom is 0.165 e. The summed E-state index contributed by atoms with van der Waals surface area (Å²) in [5.41, 5.74) is 0. The van der Waals surface area contributed by atoms with E-state index >= 15 is 0 Å². The first kappa shape index (κ1) is 12.8. The van der Waals surface area contributed by atoms with E-state index in [9.17, 15) is 0 Å². The molecule has 1 heterocycles. The average molecular weight is 255 g/mol. The Morgan fingerprint density at radius 1 is 1.47 bits per heavy atom. The first-order valence-electron chi connectivity index (χ1n) is 6.37. The van der Waals surface area contributed by atoms with Crippen LogP contribution in [0, 0.1) is 0 Å². The van der Waals surface area contributed by atoms with Gasteiger partial charge in [-0.2, -0.15) is 11.8 Å². The summed E-state index contributed by atoms with van der Waals surface area (Å²) in [6.45, 7) is 3.96. The van der Waals surface area contributed by atoms with Gasteiger partial charge in [-0.25, -0.2) is 4.68 Å². The number of nitrogens with zero attached hydrogens (tertiary/aromatic N) is 4. The minimum atomic E-state index is 0.485. The molecule has 2 unspecified atom stereocenters. The molecule has 2 rings (SSSR count). The van der Waals surface area contributed by atoms with E-state index in [1.807, 2.05) is 16.4 Å². The molecule has 96 valence electrons. The van der Waals surface area contributed by atoms with Gasteiger partial charge in [0.15, 0.2) is 5.82 Å². The van der Waals surface area contributed by atoms with E-state index in [2.05, 4.69) is 34.0 Å². The first-order chi connectivity index (χ1) is 8.36. The van der Waals surface area contributed by atoms with Crippen molar-refractivity contribution in [2.75, 3.05) is 12.8 Å². The fraction of sp³-hybridized carbons (Fsp3) is 0.909. The van der Waals surface area contributed by atoms with Crippen molar-refractivity contribution in [3.05, 3.63) is 5.82 Å². The number of hydrogen-bond donors (Lipinski definition) is 1. The van der Waals surface area contributed by atoms with Crippen molar-refractivity contribution in [3.8, 4) is 0 Å². The average Bonchev–Trinajstić information content (AvgIpc) is 2.96. The number of tetrazole rings is 1. The van der Waals surface area contributed by atoms with Gasteiger partial charge in [0.25, 0.3) is 0 Å². The fourth-order valence-electron chi connectivity index (χ4n) is 2.42. The van der Waals surface area contributed by atoms with Crippen LogP contribution in [0.5, 0.6) is 0 Å². The zero-order valence-corrected chi connectivity index (χ0v) is 11.4. The van der Waals surface area contributed by atoms with Crippen LogP contribution >= 0.6 is 11.8 Å². The van der Waals surface area contributed by atoms with E-state index < -0.39 is 0 Å². The lowest BCUT2D eigenvalue weighted by Gasteiger charge is -2.18. The molecule has 1 saturated carbocycles. The standard InChI is InChI=1S/C11H21N5S/c1-3-7-12-8-11-13-14-15-16(11)9-5-4-6-10(9)17-2/h9-10,12H,3-8H2,1-2H3. The van der Waals surface area contributed by atoms with Crippen LogP contribution < -0.4 is 5.32 Å². The smallest absolute Gasteiger partial charge is 0.165 e. The highest BCUT2D eigenvalue weighted by Crippen LogP contribution is 2.37. The summed E-state index contributed by atoms with van der Waals surface area (Å²) in [6, 6.07) is 0.485. The van der Waals surface area contributed by atoms with E-state index in [-0.39, 0.29) is 0 Å². The molecular weight excluding hydrogens is 234 g/mol. The third-order valence-corrected chi connectivity index (χ3v) is 4.46. The van der Waals surface area contributed by atoms with Gasteiger partial charge in [-0.05, 0) is 42.5 Å². The summed E-state index contributed by atoms with van der Waals surface area (Å²) in [5.74, 6) is 0.976. The van der Waals surface area contributed by atoms with Gasteiger partial charge in [0, 0.05) is 5.25 Å². The third kappa shape index (κ3) is 2.98. The Kier molecular flexibility index (Phi) is 4.79. The van der Waals surface area contributed by atoms with E-state index in [4.69, 9.17) is 0 Å². The second-order valence-electron chi connectivity index (χ2n) is 4.49. The number of hydrogen-bond acceptors (Lipinski definition) is 5. The first-order valence-corrected chi connectivity index (χ1v) is 7.65. The second-order valence-corrected chi connectivity index (χ2v) is 5.57. The number of rotatable bonds is 6. The molecule has 0 amide bonds. The van der Waals surface area contributed by atoms with Gasteiger partial charge in [0.1, 0.15) is 0 Å². The van der Waals surface area contributed by atoms with Gasteiger partial charge < -0.3 is 5.32 Å². The highest BCUT2D eigenvalue weighted by molar-refractivity contribution is 7.99. The summed E-state index contributed by atoms with van der Waals surface area (Å²) in [4.78, 5) is 0.